The van der Waals surface area contributed by atoms with Crippen LogP contribution in [-0.2, 0) is 13.0 Å². The van der Waals surface area contributed by atoms with Crippen LogP contribution in [0.25, 0.3) is 0 Å². The summed E-state index contributed by atoms with van der Waals surface area (Å²) in [5, 5.41) is 7.03. The molecule has 1 aromatic rings. The van der Waals surface area contributed by atoms with Gasteiger partial charge in [-0.05, 0) is 42.5 Å². The second-order valence-corrected chi connectivity index (χ2v) is 6.29. The lowest BCUT2D eigenvalue weighted by atomic mass is 10.0. The highest BCUT2D eigenvalue weighted by molar-refractivity contribution is 5.40. The first-order chi connectivity index (χ1) is 10.1. The molecule has 2 N–H and O–H groups in total. The number of rotatable bonds is 10. The van der Waals surface area contributed by atoms with Crippen molar-refractivity contribution in [2.75, 3.05) is 18.4 Å². The number of aryl methyl sites for hydroxylation is 1. The number of nitrogens with one attached hydrogen (secondary N) is 2. The van der Waals surface area contributed by atoms with E-state index < -0.39 is 0 Å². The van der Waals surface area contributed by atoms with Gasteiger partial charge in [0.05, 0.1) is 0 Å². The van der Waals surface area contributed by atoms with Gasteiger partial charge in [0, 0.05) is 18.8 Å². The summed E-state index contributed by atoms with van der Waals surface area (Å²) in [4.78, 5) is 4.70. The minimum atomic E-state index is 0.685. The van der Waals surface area contributed by atoms with Crippen LogP contribution in [0.1, 0.15) is 58.7 Å². The van der Waals surface area contributed by atoms with Crippen molar-refractivity contribution in [3.63, 3.8) is 0 Å². The molecule has 0 aliphatic carbocycles. The first-order valence-electron chi connectivity index (χ1n) is 8.53. The first-order valence-corrected chi connectivity index (χ1v) is 8.53. The standard InChI is InChI=1S/C18H33N3/c1-6-15(7-2)13-20-18-10-16(9-17(8-3)21-18)12-19-11-14(4)5/h9-10,14-15,19H,6-8,11-13H2,1-5H3,(H,20,21). The predicted octanol–water partition coefficient (Wildman–Crippen LogP) is 4.24. The highest BCUT2D eigenvalue weighted by Gasteiger charge is 2.06. The van der Waals surface area contributed by atoms with Crippen molar-refractivity contribution in [3.8, 4) is 0 Å². The Labute approximate surface area is 130 Å². The maximum atomic E-state index is 4.70. The van der Waals surface area contributed by atoms with Crippen molar-refractivity contribution < 1.29 is 0 Å². The van der Waals surface area contributed by atoms with Gasteiger partial charge in [-0.1, -0.05) is 47.5 Å². The average molecular weight is 291 g/mol. The van der Waals surface area contributed by atoms with Gasteiger partial charge in [0.15, 0.2) is 0 Å². The van der Waals surface area contributed by atoms with Crippen molar-refractivity contribution in [2.45, 2.75) is 60.4 Å². The molecule has 1 aromatic heterocycles. The van der Waals surface area contributed by atoms with Gasteiger partial charge in [-0.2, -0.15) is 0 Å². The van der Waals surface area contributed by atoms with Gasteiger partial charge in [-0.15, -0.1) is 0 Å². The van der Waals surface area contributed by atoms with Crippen LogP contribution in [0.5, 0.6) is 0 Å². The van der Waals surface area contributed by atoms with Crippen LogP contribution in [0, 0.1) is 11.8 Å². The molecule has 0 aliphatic heterocycles. The van der Waals surface area contributed by atoms with Crippen molar-refractivity contribution in [3.05, 3.63) is 23.4 Å². The fourth-order valence-electron chi connectivity index (χ4n) is 2.36. The number of hydrogen-bond donors (Lipinski definition) is 2. The molecule has 0 spiro atoms. The Morgan fingerprint density at radius 1 is 1.05 bits per heavy atom. The summed E-state index contributed by atoms with van der Waals surface area (Å²) >= 11 is 0. The summed E-state index contributed by atoms with van der Waals surface area (Å²) in [7, 11) is 0. The van der Waals surface area contributed by atoms with E-state index in [0.717, 1.165) is 37.8 Å². The third kappa shape index (κ3) is 6.94. The molecular formula is C18H33N3. The molecule has 0 bridgehead atoms. The minimum absolute atomic E-state index is 0.685. The summed E-state index contributed by atoms with van der Waals surface area (Å²) < 4.78 is 0. The average Bonchev–Trinajstić information content (AvgIpc) is 2.47. The zero-order valence-corrected chi connectivity index (χ0v) is 14.5. The molecule has 3 heteroatoms. The number of aromatic nitrogens is 1. The number of pyridine rings is 1. The summed E-state index contributed by atoms with van der Waals surface area (Å²) in [6.45, 7) is 14.2. The van der Waals surface area contributed by atoms with Gasteiger partial charge in [-0.25, -0.2) is 4.98 Å². The van der Waals surface area contributed by atoms with Crippen molar-refractivity contribution in [2.24, 2.45) is 11.8 Å². The Balaban J connectivity index is 2.65. The van der Waals surface area contributed by atoms with Crippen molar-refractivity contribution >= 4 is 5.82 Å². The van der Waals surface area contributed by atoms with Crippen LogP contribution in [0.2, 0.25) is 0 Å². The van der Waals surface area contributed by atoms with E-state index in [2.05, 4.69) is 57.4 Å². The number of nitrogens with zero attached hydrogens (tertiary/aromatic N) is 1. The van der Waals surface area contributed by atoms with Gasteiger partial charge in [-0.3, -0.25) is 0 Å². The molecule has 21 heavy (non-hydrogen) atoms. The molecule has 0 unspecified atom stereocenters. The zero-order valence-electron chi connectivity index (χ0n) is 14.5. The monoisotopic (exact) mass is 291 g/mol. The molecule has 0 atom stereocenters. The summed E-state index contributed by atoms with van der Waals surface area (Å²) in [6, 6.07) is 4.41. The molecule has 0 amide bonds. The van der Waals surface area contributed by atoms with E-state index in [1.54, 1.807) is 0 Å². The van der Waals surface area contributed by atoms with E-state index in [9.17, 15) is 0 Å². The topological polar surface area (TPSA) is 37.0 Å². The SMILES string of the molecule is CCc1cc(CNCC(C)C)cc(NCC(CC)CC)n1. The molecular weight excluding hydrogens is 258 g/mol. The van der Waals surface area contributed by atoms with E-state index in [4.69, 9.17) is 4.98 Å². The van der Waals surface area contributed by atoms with Crippen LogP contribution in [0.15, 0.2) is 12.1 Å². The Kier molecular flexibility index (Phi) is 8.36. The summed E-state index contributed by atoms with van der Waals surface area (Å²) in [5.74, 6) is 2.45. The van der Waals surface area contributed by atoms with Crippen LogP contribution < -0.4 is 10.6 Å². The fourth-order valence-corrected chi connectivity index (χ4v) is 2.36. The largest absolute Gasteiger partial charge is 0.370 e. The molecule has 0 saturated carbocycles. The second-order valence-electron chi connectivity index (χ2n) is 6.29. The first kappa shape index (κ1) is 18.0. The quantitative estimate of drug-likeness (QED) is 0.677. The normalized spacial score (nSPS) is 11.4. The molecule has 0 fully saturated rings. The summed E-state index contributed by atoms with van der Waals surface area (Å²) in [6.07, 6.45) is 3.43. The van der Waals surface area contributed by atoms with Crippen LogP contribution in [0.4, 0.5) is 5.82 Å². The van der Waals surface area contributed by atoms with Gasteiger partial charge < -0.3 is 10.6 Å². The molecule has 120 valence electrons. The lowest BCUT2D eigenvalue weighted by Gasteiger charge is -2.15. The van der Waals surface area contributed by atoms with Crippen molar-refractivity contribution in [1.82, 2.24) is 10.3 Å². The van der Waals surface area contributed by atoms with E-state index in [1.807, 2.05) is 0 Å². The maximum absolute atomic E-state index is 4.70. The van der Waals surface area contributed by atoms with E-state index in [1.165, 1.54) is 24.1 Å². The highest BCUT2D eigenvalue weighted by atomic mass is 15.0. The molecule has 1 rings (SSSR count). The maximum Gasteiger partial charge on any atom is 0.126 e. The van der Waals surface area contributed by atoms with Crippen LogP contribution >= 0.6 is 0 Å². The van der Waals surface area contributed by atoms with Crippen molar-refractivity contribution in [1.29, 1.82) is 0 Å². The third-order valence-corrected chi connectivity index (χ3v) is 3.91. The number of anilines is 1. The lowest BCUT2D eigenvalue weighted by molar-refractivity contribution is 0.518. The fraction of sp³-hybridized carbons (Fsp3) is 0.722. The Morgan fingerprint density at radius 3 is 2.33 bits per heavy atom. The molecule has 0 radical (unpaired) electrons. The third-order valence-electron chi connectivity index (χ3n) is 3.91. The number of hydrogen-bond acceptors (Lipinski definition) is 3. The van der Waals surface area contributed by atoms with E-state index in [0.29, 0.717) is 5.92 Å². The lowest BCUT2D eigenvalue weighted by Crippen LogP contribution is -2.19. The van der Waals surface area contributed by atoms with Gasteiger partial charge in [0.2, 0.25) is 0 Å². The predicted molar refractivity (Wildman–Crippen MR) is 92.7 cm³/mol. The second kappa shape index (κ2) is 9.78. The van der Waals surface area contributed by atoms with E-state index >= 15 is 0 Å². The highest BCUT2D eigenvalue weighted by Crippen LogP contribution is 2.14. The zero-order chi connectivity index (χ0) is 15.7. The van der Waals surface area contributed by atoms with Gasteiger partial charge in [0.1, 0.15) is 5.82 Å². The minimum Gasteiger partial charge on any atom is -0.370 e. The summed E-state index contributed by atoms with van der Waals surface area (Å²) in [5.41, 5.74) is 2.50. The molecule has 1 heterocycles. The Morgan fingerprint density at radius 2 is 1.76 bits per heavy atom. The van der Waals surface area contributed by atoms with Crippen LogP contribution in [-0.4, -0.2) is 18.1 Å². The molecule has 3 nitrogen and oxygen atoms in total. The molecule has 0 aromatic carbocycles. The van der Waals surface area contributed by atoms with Gasteiger partial charge >= 0.3 is 0 Å². The molecule has 0 aliphatic rings. The van der Waals surface area contributed by atoms with Crippen LogP contribution in [0.3, 0.4) is 0 Å². The molecule has 0 saturated heterocycles. The smallest absolute Gasteiger partial charge is 0.126 e. The van der Waals surface area contributed by atoms with E-state index in [-0.39, 0.29) is 0 Å². The Hall–Kier alpha value is -1.09. The Bertz CT molecular complexity index is 397. The van der Waals surface area contributed by atoms with Gasteiger partial charge in [0.25, 0.3) is 0 Å².